The molecule has 0 aliphatic heterocycles. The van der Waals surface area contributed by atoms with Crippen LogP contribution in [0.15, 0.2) is 18.2 Å². The Hall–Kier alpha value is -1.52. The van der Waals surface area contributed by atoms with Gasteiger partial charge in [-0.15, -0.1) is 0 Å². The first-order valence-electron chi connectivity index (χ1n) is 6.74. The molecule has 1 aromatic rings. The molecule has 0 N–H and O–H groups in total. The van der Waals surface area contributed by atoms with E-state index in [1.54, 1.807) is 4.90 Å². The van der Waals surface area contributed by atoms with E-state index < -0.39 is 11.7 Å². The van der Waals surface area contributed by atoms with Gasteiger partial charge in [0.05, 0.1) is 5.56 Å². The van der Waals surface area contributed by atoms with Crippen molar-refractivity contribution >= 4 is 12.0 Å². The first-order valence-corrected chi connectivity index (χ1v) is 6.74. The maximum atomic E-state index is 13.1. The number of halogens is 3. The number of carbonyl (C=O) groups is 1. The number of anilines is 1. The number of benzene rings is 1. The second-order valence-electron chi connectivity index (χ2n) is 4.94. The van der Waals surface area contributed by atoms with Gasteiger partial charge in [-0.2, -0.15) is 13.2 Å². The van der Waals surface area contributed by atoms with Gasteiger partial charge < -0.3 is 4.90 Å². The van der Waals surface area contributed by atoms with Crippen LogP contribution in [0.5, 0.6) is 0 Å². The summed E-state index contributed by atoms with van der Waals surface area (Å²) < 4.78 is 39.4. The smallest absolute Gasteiger partial charge is 0.371 e. The molecule has 5 heteroatoms. The molecule has 0 bridgehead atoms. The van der Waals surface area contributed by atoms with Crippen molar-refractivity contribution in [2.24, 2.45) is 5.92 Å². The fourth-order valence-electron chi connectivity index (χ4n) is 2.03. The summed E-state index contributed by atoms with van der Waals surface area (Å²) in [5.74, 6) is 0.307. The topological polar surface area (TPSA) is 20.3 Å². The summed E-state index contributed by atoms with van der Waals surface area (Å²) in [5.41, 5.74) is -0.557. The minimum atomic E-state index is -4.46. The largest absolute Gasteiger partial charge is 0.418 e. The minimum Gasteiger partial charge on any atom is -0.371 e. The number of rotatable bonds is 6. The van der Waals surface area contributed by atoms with Crippen molar-refractivity contribution in [2.45, 2.75) is 33.4 Å². The van der Waals surface area contributed by atoms with Gasteiger partial charge in [0.25, 0.3) is 0 Å². The number of alkyl halides is 3. The molecule has 1 aromatic carbocycles. The lowest BCUT2D eigenvalue weighted by atomic mass is 10.0. The molecule has 0 aromatic heterocycles. The van der Waals surface area contributed by atoms with Gasteiger partial charge in [0, 0.05) is 24.3 Å². The van der Waals surface area contributed by atoms with Gasteiger partial charge in [-0.3, -0.25) is 4.79 Å². The van der Waals surface area contributed by atoms with E-state index in [1.165, 1.54) is 12.1 Å². The average molecular weight is 287 g/mol. The quantitative estimate of drug-likeness (QED) is 0.723. The van der Waals surface area contributed by atoms with Crippen LogP contribution in [0.4, 0.5) is 18.9 Å². The molecule has 0 amide bonds. The molecule has 0 radical (unpaired) electrons. The van der Waals surface area contributed by atoms with Crippen LogP contribution in [0.2, 0.25) is 0 Å². The number of aldehydes is 1. The zero-order valence-electron chi connectivity index (χ0n) is 12.0. The average Bonchev–Trinajstić information content (AvgIpc) is 2.42. The molecule has 0 fully saturated rings. The number of carbonyl (C=O) groups excluding carboxylic acids is 1. The van der Waals surface area contributed by atoms with Crippen LogP contribution >= 0.6 is 0 Å². The Morgan fingerprint density at radius 2 is 1.95 bits per heavy atom. The Balaban J connectivity index is 3.23. The van der Waals surface area contributed by atoms with E-state index in [1.807, 2.05) is 20.8 Å². The highest BCUT2D eigenvalue weighted by atomic mass is 19.4. The van der Waals surface area contributed by atoms with Crippen molar-refractivity contribution < 1.29 is 18.0 Å². The maximum absolute atomic E-state index is 13.1. The molecule has 20 heavy (non-hydrogen) atoms. The van der Waals surface area contributed by atoms with Crippen LogP contribution in [-0.4, -0.2) is 19.4 Å². The van der Waals surface area contributed by atoms with Crippen LogP contribution in [0.1, 0.15) is 43.1 Å². The molecule has 1 atom stereocenters. The zero-order valence-corrected chi connectivity index (χ0v) is 12.0. The van der Waals surface area contributed by atoms with E-state index >= 15 is 0 Å². The molecule has 0 spiro atoms. The van der Waals surface area contributed by atoms with Crippen LogP contribution in [0, 0.1) is 5.92 Å². The van der Waals surface area contributed by atoms with E-state index in [9.17, 15) is 18.0 Å². The van der Waals surface area contributed by atoms with Gasteiger partial charge in [-0.1, -0.05) is 20.3 Å². The molecule has 1 rings (SSSR count). The van der Waals surface area contributed by atoms with E-state index in [0.29, 0.717) is 25.3 Å². The lowest BCUT2D eigenvalue weighted by molar-refractivity contribution is -0.137. The molecule has 0 saturated carbocycles. The second kappa shape index (κ2) is 6.77. The number of nitrogens with zero attached hydrogens (tertiary/aromatic N) is 1. The van der Waals surface area contributed by atoms with Crippen LogP contribution in [0.3, 0.4) is 0 Å². The third kappa shape index (κ3) is 3.99. The van der Waals surface area contributed by atoms with Crippen molar-refractivity contribution in [2.75, 3.05) is 18.0 Å². The van der Waals surface area contributed by atoms with Gasteiger partial charge in [0.2, 0.25) is 0 Å². The van der Waals surface area contributed by atoms with Crippen molar-refractivity contribution in [3.05, 3.63) is 29.3 Å². The van der Waals surface area contributed by atoms with Crippen LogP contribution in [-0.2, 0) is 6.18 Å². The molecular formula is C15H20F3NO. The highest BCUT2D eigenvalue weighted by Gasteiger charge is 2.35. The summed E-state index contributed by atoms with van der Waals surface area (Å²) in [7, 11) is 0. The van der Waals surface area contributed by atoms with Gasteiger partial charge in [0.15, 0.2) is 0 Å². The summed E-state index contributed by atoms with van der Waals surface area (Å²) in [6, 6.07) is 3.73. The molecule has 0 saturated heterocycles. The highest BCUT2D eigenvalue weighted by molar-refractivity contribution is 5.77. The van der Waals surface area contributed by atoms with Crippen LogP contribution in [0.25, 0.3) is 0 Å². The molecule has 112 valence electrons. The second-order valence-corrected chi connectivity index (χ2v) is 4.94. The molecule has 0 heterocycles. The van der Waals surface area contributed by atoms with Crippen molar-refractivity contribution in [3.63, 3.8) is 0 Å². The third-order valence-electron chi connectivity index (χ3n) is 3.41. The number of hydrogen-bond donors (Lipinski definition) is 0. The molecular weight excluding hydrogens is 267 g/mol. The first kappa shape index (κ1) is 16.5. The Bertz CT molecular complexity index is 457. The lowest BCUT2D eigenvalue weighted by Crippen LogP contribution is -2.30. The fourth-order valence-corrected chi connectivity index (χ4v) is 2.03. The Labute approximate surface area is 117 Å². The molecule has 1 unspecified atom stereocenters. The van der Waals surface area contributed by atoms with E-state index in [2.05, 4.69) is 0 Å². The first-order chi connectivity index (χ1) is 9.33. The summed E-state index contributed by atoms with van der Waals surface area (Å²) in [6.45, 7) is 6.91. The Kier molecular flexibility index (Phi) is 5.60. The predicted octanol–water partition coefficient (Wildman–Crippen LogP) is 4.39. The fraction of sp³-hybridized carbons (Fsp3) is 0.533. The maximum Gasteiger partial charge on any atom is 0.418 e. The van der Waals surface area contributed by atoms with Crippen molar-refractivity contribution in [1.82, 2.24) is 0 Å². The van der Waals surface area contributed by atoms with Gasteiger partial charge in [0.1, 0.15) is 6.29 Å². The molecule has 2 nitrogen and oxygen atoms in total. The monoisotopic (exact) mass is 287 g/mol. The summed E-state index contributed by atoms with van der Waals surface area (Å²) in [5, 5.41) is 0. The zero-order chi connectivity index (χ0) is 15.3. The van der Waals surface area contributed by atoms with Gasteiger partial charge in [-0.25, -0.2) is 0 Å². The standard InChI is InChI=1S/C15H20F3NO/c1-4-11(3)9-19(5-2)14-7-6-12(10-20)8-13(14)15(16,17)18/h6-8,10-11H,4-5,9H2,1-3H3. The van der Waals surface area contributed by atoms with E-state index in [0.717, 1.165) is 12.5 Å². The third-order valence-corrected chi connectivity index (χ3v) is 3.41. The van der Waals surface area contributed by atoms with E-state index in [-0.39, 0.29) is 11.3 Å². The highest BCUT2D eigenvalue weighted by Crippen LogP contribution is 2.37. The molecule has 0 aliphatic rings. The van der Waals surface area contributed by atoms with E-state index in [4.69, 9.17) is 0 Å². The normalized spacial score (nSPS) is 13.1. The van der Waals surface area contributed by atoms with Crippen LogP contribution < -0.4 is 4.90 Å². The molecule has 0 aliphatic carbocycles. The Morgan fingerprint density at radius 1 is 1.30 bits per heavy atom. The summed E-state index contributed by atoms with van der Waals surface area (Å²) in [4.78, 5) is 12.4. The minimum absolute atomic E-state index is 0.0423. The van der Waals surface area contributed by atoms with Gasteiger partial charge >= 0.3 is 6.18 Å². The Morgan fingerprint density at radius 3 is 2.40 bits per heavy atom. The summed E-state index contributed by atoms with van der Waals surface area (Å²) >= 11 is 0. The predicted molar refractivity (Wildman–Crippen MR) is 74.2 cm³/mol. The van der Waals surface area contributed by atoms with Gasteiger partial charge in [-0.05, 0) is 31.0 Å². The number of hydrogen-bond acceptors (Lipinski definition) is 2. The van der Waals surface area contributed by atoms with Crippen molar-refractivity contribution in [3.8, 4) is 0 Å². The lowest BCUT2D eigenvalue weighted by Gasteiger charge is -2.29. The van der Waals surface area contributed by atoms with Crippen molar-refractivity contribution in [1.29, 1.82) is 0 Å². The SMILES string of the molecule is CCC(C)CN(CC)c1ccc(C=O)cc1C(F)(F)F. The summed E-state index contributed by atoms with van der Waals surface area (Å²) in [6.07, 6.45) is -3.12.